The molecule has 0 aliphatic carbocycles. The van der Waals surface area contributed by atoms with E-state index in [1.807, 2.05) is 0 Å². The van der Waals surface area contributed by atoms with Gasteiger partial charge in [0.25, 0.3) is 0 Å². The average Bonchev–Trinajstić information content (AvgIpc) is 2.40. The molecule has 0 fully saturated rings. The Labute approximate surface area is 127 Å². The van der Waals surface area contributed by atoms with Gasteiger partial charge < -0.3 is 0 Å². The summed E-state index contributed by atoms with van der Waals surface area (Å²) in [5.74, 6) is -2.15. The first kappa shape index (κ1) is 15.8. The second-order valence-electron chi connectivity index (χ2n) is 4.15. The third-order valence-electron chi connectivity index (χ3n) is 2.72. The number of hydrogen-bond donors (Lipinski definition) is 0. The van der Waals surface area contributed by atoms with E-state index in [2.05, 4.69) is 0 Å². The number of carbonyl (C=O) groups excluding carboxylic acids is 1. The molecule has 2 rings (SSSR count). The molecular weight excluding hydrogens is 331 g/mol. The number of alkyl halides is 3. The molecule has 7 heteroatoms. The summed E-state index contributed by atoms with van der Waals surface area (Å²) in [5, 5.41) is 0.309. The maximum Gasteiger partial charge on any atom is 0.419 e. The summed E-state index contributed by atoms with van der Waals surface area (Å²) in [4.78, 5) is 12.1. The van der Waals surface area contributed by atoms with Crippen LogP contribution in [0.2, 0.25) is 10.0 Å². The predicted molar refractivity (Wildman–Crippen MR) is 71.3 cm³/mol. The standard InChI is InChI=1S/C14H6Cl2F4O/c15-10-3-1-8(6-11(10)16)13(21)7-2-4-12(17)9(5-7)14(18,19)20/h1-6H. The Hall–Kier alpha value is -1.59. The van der Waals surface area contributed by atoms with Crippen molar-refractivity contribution in [1.82, 2.24) is 0 Å². The van der Waals surface area contributed by atoms with Crippen molar-refractivity contribution >= 4 is 29.0 Å². The van der Waals surface area contributed by atoms with E-state index in [9.17, 15) is 22.4 Å². The maximum atomic E-state index is 13.2. The van der Waals surface area contributed by atoms with Gasteiger partial charge in [-0.2, -0.15) is 13.2 Å². The lowest BCUT2D eigenvalue weighted by molar-refractivity contribution is -0.140. The fourth-order valence-corrected chi connectivity index (χ4v) is 1.99. The molecule has 110 valence electrons. The highest BCUT2D eigenvalue weighted by Crippen LogP contribution is 2.32. The molecule has 2 aromatic rings. The van der Waals surface area contributed by atoms with E-state index in [1.54, 1.807) is 0 Å². The van der Waals surface area contributed by atoms with Crippen LogP contribution in [0.3, 0.4) is 0 Å². The Balaban J connectivity index is 2.46. The molecule has 0 unspecified atom stereocenters. The van der Waals surface area contributed by atoms with Gasteiger partial charge in [-0.15, -0.1) is 0 Å². The van der Waals surface area contributed by atoms with E-state index >= 15 is 0 Å². The summed E-state index contributed by atoms with van der Waals surface area (Å²) in [6.45, 7) is 0. The van der Waals surface area contributed by atoms with Gasteiger partial charge >= 0.3 is 6.18 Å². The van der Waals surface area contributed by atoms with E-state index < -0.39 is 23.3 Å². The molecule has 0 saturated heterocycles. The number of halogens is 6. The van der Waals surface area contributed by atoms with Gasteiger partial charge in [0.15, 0.2) is 5.78 Å². The van der Waals surface area contributed by atoms with Crippen molar-refractivity contribution in [3.8, 4) is 0 Å². The number of rotatable bonds is 2. The lowest BCUT2D eigenvalue weighted by atomic mass is 10.0. The van der Waals surface area contributed by atoms with Crippen LogP contribution in [-0.4, -0.2) is 5.78 Å². The zero-order valence-electron chi connectivity index (χ0n) is 10.1. The molecule has 0 bridgehead atoms. The highest BCUT2D eigenvalue weighted by atomic mass is 35.5. The summed E-state index contributed by atoms with van der Waals surface area (Å²) in [6, 6.07) is 5.98. The molecule has 0 amide bonds. The number of carbonyl (C=O) groups is 1. The maximum absolute atomic E-state index is 13.2. The van der Waals surface area contributed by atoms with Crippen LogP contribution in [-0.2, 0) is 6.18 Å². The minimum absolute atomic E-state index is 0.0594. The second kappa shape index (κ2) is 5.66. The van der Waals surface area contributed by atoms with Crippen molar-refractivity contribution in [2.24, 2.45) is 0 Å². The third kappa shape index (κ3) is 3.36. The van der Waals surface area contributed by atoms with Crippen molar-refractivity contribution in [2.75, 3.05) is 0 Å². The van der Waals surface area contributed by atoms with E-state index in [0.717, 1.165) is 6.07 Å². The first-order valence-electron chi connectivity index (χ1n) is 5.56. The summed E-state index contributed by atoms with van der Waals surface area (Å²) in [6.07, 6.45) is -4.88. The quantitative estimate of drug-likeness (QED) is 0.531. The molecule has 0 N–H and O–H groups in total. The van der Waals surface area contributed by atoms with Crippen LogP contribution < -0.4 is 0 Å². The SMILES string of the molecule is O=C(c1ccc(Cl)c(Cl)c1)c1ccc(F)c(C(F)(F)F)c1. The fraction of sp³-hybridized carbons (Fsp3) is 0.0714. The molecule has 0 aromatic heterocycles. The van der Waals surface area contributed by atoms with Crippen molar-refractivity contribution < 1.29 is 22.4 Å². The zero-order valence-corrected chi connectivity index (χ0v) is 11.7. The van der Waals surface area contributed by atoms with Crippen LogP contribution in [0.1, 0.15) is 21.5 Å². The van der Waals surface area contributed by atoms with Gasteiger partial charge in [0, 0.05) is 11.1 Å². The molecule has 2 aromatic carbocycles. The van der Waals surface area contributed by atoms with Gasteiger partial charge in [0.1, 0.15) is 5.82 Å². The topological polar surface area (TPSA) is 17.1 Å². The van der Waals surface area contributed by atoms with Crippen molar-refractivity contribution in [1.29, 1.82) is 0 Å². The largest absolute Gasteiger partial charge is 0.419 e. The summed E-state index contributed by atoms with van der Waals surface area (Å²) < 4.78 is 51.0. The monoisotopic (exact) mass is 336 g/mol. The van der Waals surface area contributed by atoms with Crippen molar-refractivity contribution in [3.05, 3.63) is 69.0 Å². The molecule has 0 radical (unpaired) electrons. The van der Waals surface area contributed by atoms with E-state index in [1.165, 1.54) is 18.2 Å². The van der Waals surface area contributed by atoms with E-state index in [0.29, 0.717) is 12.1 Å². The Bertz CT molecular complexity index is 711. The Morgan fingerprint density at radius 1 is 0.905 bits per heavy atom. The summed E-state index contributed by atoms with van der Waals surface area (Å²) in [7, 11) is 0. The minimum Gasteiger partial charge on any atom is -0.289 e. The number of ketones is 1. The van der Waals surface area contributed by atoms with E-state index in [-0.39, 0.29) is 21.2 Å². The molecule has 0 aliphatic rings. The van der Waals surface area contributed by atoms with Crippen molar-refractivity contribution in [2.45, 2.75) is 6.18 Å². The molecule has 0 aliphatic heterocycles. The van der Waals surface area contributed by atoms with Crippen molar-refractivity contribution in [3.63, 3.8) is 0 Å². The van der Waals surface area contributed by atoms with Gasteiger partial charge in [-0.05, 0) is 36.4 Å². The van der Waals surface area contributed by atoms with Crippen LogP contribution in [0.4, 0.5) is 17.6 Å². The molecule has 0 saturated carbocycles. The minimum atomic E-state index is -4.88. The Morgan fingerprint density at radius 3 is 2.05 bits per heavy atom. The average molecular weight is 337 g/mol. The second-order valence-corrected chi connectivity index (χ2v) is 4.96. The van der Waals surface area contributed by atoms with Crippen LogP contribution in [0.25, 0.3) is 0 Å². The van der Waals surface area contributed by atoms with Gasteiger partial charge in [-0.3, -0.25) is 4.79 Å². The van der Waals surface area contributed by atoms with Gasteiger partial charge in [-0.1, -0.05) is 23.2 Å². The van der Waals surface area contributed by atoms with Crippen LogP contribution >= 0.6 is 23.2 Å². The summed E-state index contributed by atoms with van der Waals surface area (Å²) in [5.41, 5.74) is -1.72. The van der Waals surface area contributed by atoms with Crippen LogP contribution in [0.15, 0.2) is 36.4 Å². The highest BCUT2D eigenvalue weighted by molar-refractivity contribution is 6.42. The lowest BCUT2D eigenvalue weighted by Gasteiger charge is -2.10. The number of benzene rings is 2. The zero-order chi connectivity index (χ0) is 15.8. The first-order valence-corrected chi connectivity index (χ1v) is 6.32. The number of hydrogen-bond acceptors (Lipinski definition) is 1. The van der Waals surface area contributed by atoms with Crippen LogP contribution in [0.5, 0.6) is 0 Å². The van der Waals surface area contributed by atoms with Gasteiger partial charge in [0.05, 0.1) is 15.6 Å². The normalized spacial score (nSPS) is 11.5. The lowest BCUT2D eigenvalue weighted by Crippen LogP contribution is -2.11. The molecular formula is C14H6Cl2F4O. The highest BCUT2D eigenvalue weighted by Gasteiger charge is 2.34. The third-order valence-corrected chi connectivity index (χ3v) is 3.45. The van der Waals surface area contributed by atoms with E-state index in [4.69, 9.17) is 23.2 Å². The molecule has 0 atom stereocenters. The van der Waals surface area contributed by atoms with Gasteiger partial charge in [0.2, 0.25) is 0 Å². The summed E-state index contributed by atoms with van der Waals surface area (Å²) >= 11 is 11.4. The molecule has 0 spiro atoms. The Morgan fingerprint density at radius 2 is 1.48 bits per heavy atom. The molecule has 21 heavy (non-hydrogen) atoms. The van der Waals surface area contributed by atoms with Gasteiger partial charge in [-0.25, -0.2) is 4.39 Å². The smallest absolute Gasteiger partial charge is 0.289 e. The predicted octanol–water partition coefficient (Wildman–Crippen LogP) is 5.38. The molecule has 1 nitrogen and oxygen atoms in total. The fourth-order valence-electron chi connectivity index (χ4n) is 1.69. The molecule has 0 heterocycles. The first-order chi connectivity index (χ1) is 9.70. The Kier molecular flexibility index (Phi) is 4.25. The van der Waals surface area contributed by atoms with Crippen LogP contribution in [0, 0.1) is 5.82 Å².